The summed E-state index contributed by atoms with van der Waals surface area (Å²) in [5.74, 6) is -0.242. The first kappa shape index (κ1) is 10.1. The summed E-state index contributed by atoms with van der Waals surface area (Å²) in [6.07, 6.45) is 1.99. The summed E-state index contributed by atoms with van der Waals surface area (Å²) in [5, 5.41) is 10.2. The third-order valence-corrected chi connectivity index (χ3v) is 4.02. The number of halogens is 1. The second-order valence-electron chi connectivity index (χ2n) is 3.31. The topological polar surface area (TPSA) is 53.4 Å². The number of carbonyl (C=O) groups excluding carboxylic acids is 1. The molecule has 1 saturated heterocycles. The average Bonchev–Trinajstić information content (AvgIpc) is 2.68. The number of likely N-dealkylation sites (tertiary alicyclic amines) is 1. The number of thiazole rings is 1. The first-order chi connectivity index (χ1) is 6.54. The van der Waals surface area contributed by atoms with Gasteiger partial charge in [0.1, 0.15) is 0 Å². The molecule has 1 aromatic rings. The van der Waals surface area contributed by atoms with Crippen molar-refractivity contribution in [1.29, 1.82) is 0 Å². The molecular weight excluding hydrogens is 268 g/mol. The normalized spacial score (nSPS) is 27.4. The van der Waals surface area contributed by atoms with Gasteiger partial charge < -0.3 is 10.0 Å². The van der Waals surface area contributed by atoms with E-state index in [1.165, 1.54) is 16.2 Å². The molecule has 0 aliphatic carbocycles. The van der Waals surface area contributed by atoms with Gasteiger partial charge in [0.15, 0.2) is 9.52 Å². The Morgan fingerprint density at radius 3 is 2.93 bits per heavy atom. The van der Waals surface area contributed by atoms with Crippen molar-refractivity contribution in [1.82, 2.24) is 9.88 Å². The molecule has 2 rings (SSSR count). The van der Waals surface area contributed by atoms with E-state index in [1.807, 2.05) is 0 Å². The van der Waals surface area contributed by atoms with Crippen LogP contribution >= 0.6 is 27.3 Å². The number of hydrogen-bond acceptors (Lipinski definition) is 4. The van der Waals surface area contributed by atoms with Crippen LogP contribution in [-0.4, -0.2) is 34.5 Å². The zero-order valence-corrected chi connectivity index (χ0v) is 9.93. The molecule has 4 nitrogen and oxygen atoms in total. The zero-order chi connectivity index (χ0) is 10.3. The van der Waals surface area contributed by atoms with Gasteiger partial charge in [-0.3, -0.25) is 4.79 Å². The van der Waals surface area contributed by atoms with Crippen LogP contribution in [0.2, 0.25) is 0 Å². The second-order valence-corrected chi connectivity index (χ2v) is 5.62. The molecule has 0 saturated carbocycles. The number of hydrogen-bond donors (Lipinski definition) is 1. The van der Waals surface area contributed by atoms with Gasteiger partial charge in [-0.05, 0) is 15.9 Å². The van der Waals surface area contributed by atoms with E-state index >= 15 is 0 Å². The van der Waals surface area contributed by atoms with E-state index < -0.39 is 5.60 Å². The molecule has 0 bridgehead atoms. The number of amides is 1. The molecule has 1 aliphatic heterocycles. The van der Waals surface area contributed by atoms with Crippen LogP contribution in [0.25, 0.3) is 0 Å². The van der Waals surface area contributed by atoms with Crippen LogP contribution in [0, 0.1) is 0 Å². The lowest BCUT2D eigenvalue weighted by atomic mass is 10.0. The van der Waals surface area contributed by atoms with Gasteiger partial charge in [-0.15, -0.1) is 11.3 Å². The van der Waals surface area contributed by atoms with Crippen molar-refractivity contribution >= 4 is 33.2 Å². The number of likely N-dealkylation sites (N-methyl/N-ethyl adjacent to an activating group) is 1. The summed E-state index contributed by atoms with van der Waals surface area (Å²) in [6, 6.07) is 0. The fraction of sp³-hybridized carbons (Fsp3) is 0.500. The van der Waals surface area contributed by atoms with Crippen LogP contribution in [0.1, 0.15) is 11.3 Å². The monoisotopic (exact) mass is 276 g/mol. The molecule has 0 spiro atoms. The molecule has 1 fully saturated rings. The predicted octanol–water partition coefficient (Wildman–Crippen LogP) is 0.955. The van der Waals surface area contributed by atoms with Gasteiger partial charge in [0, 0.05) is 26.2 Å². The molecule has 1 aliphatic rings. The Bertz CT molecular complexity index is 381. The third-order valence-electron chi connectivity index (χ3n) is 2.39. The van der Waals surface area contributed by atoms with Crippen LogP contribution in [0.5, 0.6) is 0 Å². The molecule has 1 N–H and O–H groups in total. The van der Waals surface area contributed by atoms with Gasteiger partial charge in [0.2, 0.25) is 0 Å². The number of rotatable bonds is 1. The lowest BCUT2D eigenvalue weighted by Gasteiger charge is -2.17. The average molecular weight is 277 g/mol. The fourth-order valence-electron chi connectivity index (χ4n) is 1.53. The number of carbonyl (C=O) groups is 1. The van der Waals surface area contributed by atoms with E-state index in [2.05, 4.69) is 20.9 Å². The smallest absolute Gasteiger partial charge is 0.259 e. The van der Waals surface area contributed by atoms with Crippen LogP contribution in [-0.2, 0) is 10.4 Å². The van der Waals surface area contributed by atoms with Crippen LogP contribution in [0.3, 0.4) is 0 Å². The van der Waals surface area contributed by atoms with Crippen LogP contribution in [0.4, 0.5) is 0 Å². The van der Waals surface area contributed by atoms with E-state index in [9.17, 15) is 9.90 Å². The van der Waals surface area contributed by atoms with Crippen molar-refractivity contribution in [2.24, 2.45) is 0 Å². The van der Waals surface area contributed by atoms with Gasteiger partial charge in [-0.1, -0.05) is 0 Å². The number of aliphatic hydroxyl groups is 1. The fourth-order valence-corrected chi connectivity index (χ4v) is 2.90. The van der Waals surface area contributed by atoms with Gasteiger partial charge in [0.25, 0.3) is 5.91 Å². The van der Waals surface area contributed by atoms with E-state index in [4.69, 9.17) is 0 Å². The molecule has 1 amide bonds. The standard InChI is InChI=1S/C8H9BrN2O2S/c1-11-3-2-8(13,6(11)12)5-4-10-7(9)14-5/h4,13H,2-3H2,1H3. The predicted molar refractivity (Wildman–Crippen MR) is 56.0 cm³/mol. The first-order valence-corrected chi connectivity index (χ1v) is 5.75. The van der Waals surface area contributed by atoms with Crippen molar-refractivity contribution in [3.63, 3.8) is 0 Å². The summed E-state index contributed by atoms with van der Waals surface area (Å²) in [6.45, 7) is 0.588. The van der Waals surface area contributed by atoms with Gasteiger partial charge in [-0.2, -0.15) is 0 Å². The van der Waals surface area contributed by atoms with Gasteiger partial charge >= 0.3 is 0 Å². The maximum Gasteiger partial charge on any atom is 0.259 e. The number of nitrogens with zero attached hydrogens (tertiary/aromatic N) is 2. The third kappa shape index (κ3) is 1.37. The molecule has 1 unspecified atom stereocenters. The minimum absolute atomic E-state index is 0.242. The molecular formula is C8H9BrN2O2S. The Morgan fingerprint density at radius 2 is 2.50 bits per heavy atom. The minimum atomic E-state index is -1.35. The largest absolute Gasteiger partial charge is 0.375 e. The van der Waals surface area contributed by atoms with Crippen molar-refractivity contribution in [2.75, 3.05) is 13.6 Å². The van der Waals surface area contributed by atoms with Crippen LogP contribution in [0.15, 0.2) is 10.1 Å². The molecule has 1 aromatic heterocycles. The second kappa shape index (κ2) is 3.29. The summed E-state index contributed by atoms with van der Waals surface area (Å²) in [7, 11) is 1.69. The van der Waals surface area contributed by atoms with Crippen molar-refractivity contribution in [3.8, 4) is 0 Å². The molecule has 6 heteroatoms. The summed E-state index contributed by atoms with van der Waals surface area (Å²) in [4.78, 5) is 17.8. The Morgan fingerprint density at radius 1 is 1.79 bits per heavy atom. The quantitative estimate of drug-likeness (QED) is 0.831. The van der Waals surface area contributed by atoms with E-state index in [1.54, 1.807) is 13.2 Å². The van der Waals surface area contributed by atoms with Gasteiger partial charge in [0.05, 0.1) is 4.88 Å². The highest BCUT2D eigenvalue weighted by Gasteiger charge is 2.46. The Hall–Kier alpha value is -0.460. The summed E-state index contributed by atoms with van der Waals surface area (Å²) < 4.78 is 0.684. The van der Waals surface area contributed by atoms with Crippen LogP contribution < -0.4 is 0 Å². The van der Waals surface area contributed by atoms with Crippen molar-refractivity contribution < 1.29 is 9.90 Å². The summed E-state index contributed by atoms with van der Waals surface area (Å²) >= 11 is 4.51. The highest BCUT2D eigenvalue weighted by atomic mass is 79.9. The lowest BCUT2D eigenvalue weighted by molar-refractivity contribution is -0.142. The molecule has 0 radical (unpaired) electrons. The van der Waals surface area contributed by atoms with Gasteiger partial charge in [-0.25, -0.2) is 4.98 Å². The maximum absolute atomic E-state index is 11.7. The molecule has 2 heterocycles. The Labute approximate surface area is 93.7 Å². The van der Waals surface area contributed by atoms with E-state index in [0.717, 1.165) is 0 Å². The first-order valence-electron chi connectivity index (χ1n) is 4.14. The minimum Gasteiger partial charge on any atom is -0.375 e. The highest BCUT2D eigenvalue weighted by molar-refractivity contribution is 9.11. The van der Waals surface area contributed by atoms with Crippen molar-refractivity contribution in [3.05, 3.63) is 15.0 Å². The molecule has 1 atom stereocenters. The Kier molecular flexibility index (Phi) is 2.36. The van der Waals surface area contributed by atoms with E-state index in [0.29, 0.717) is 21.8 Å². The zero-order valence-electron chi connectivity index (χ0n) is 7.53. The molecule has 0 aromatic carbocycles. The lowest BCUT2D eigenvalue weighted by Crippen LogP contribution is -2.35. The summed E-state index contributed by atoms with van der Waals surface area (Å²) in [5.41, 5.74) is -1.35. The van der Waals surface area contributed by atoms with E-state index in [-0.39, 0.29) is 5.91 Å². The molecule has 14 heavy (non-hydrogen) atoms. The molecule has 76 valence electrons. The Balaban J connectivity index is 2.38. The maximum atomic E-state index is 11.7. The van der Waals surface area contributed by atoms with Crippen molar-refractivity contribution in [2.45, 2.75) is 12.0 Å². The number of aromatic nitrogens is 1. The SMILES string of the molecule is CN1CCC(O)(c2cnc(Br)s2)C1=O. The highest BCUT2D eigenvalue weighted by Crippen LogP contribution is 2.36.